The first-order valence-electron chi connectivity index (χ1n) is 6.34. The highest BCUT2D eigenvalue weighted by molar-refractivity contribution is 7.99. The van der Waals surface area contributed by atoms with Crippen LogP contribution in [-0.4, -0.2) is 54.1 Å². The van der Waals surface area contributed by atoms with Gasteiger partial charge in [0.2, 0.25) is 0 Å². The van der Waals surface area contributed by atoms with E-state index in [2.05, 4.69) is 27.2 Å². The number of aromatic nitrogens is 5. The van der Waals surface area contributed by atoms with E-state index in [0.717, 1.165) is 18.6 Å². The molecular formula is C11H16ClN5O2S. The van der Waals surface area contributed by atoms with Crippen LogP contribution in [0, 0.1) is 0 Å². The summed E-state index contributed by atoms with van der Waals surface area (Å²) in [6, 6.07) is -0.584. The average Bonchev–Trinajstić information content (AvgIpc) is 2.85. The number of nitrogens with zero attached hydrogens (tertiary/aromatic N) is 5. The Kier molecular flexibility index (Phi) is 5.53. The molecule has 9 heteroatoms. The molecule has 0 radical (unpaired) electrons. The monoisotopic (exact) mass is 317 g/mol. The number of thioether (sulfide) groups is 1. The quantitative estimate of drug-likeness (QED) is 0.344. The lowest BCUT2D eigenvalue weighted by molar-refractivity contribution is 0.147. The second-order valence-corrected chi connectivity index (χ2v) is 5.64. The molecule has 0 saturated carbocycles. The number of halogens is 1. The van der Waals surface area contributed by atoms with Gasteiger partial charge in [-0.25, -0.2) is 14.6 Å². The van der Waals surface area contributed by atoms with E-state index in [1.165, 1.54) is 16.4 Å². The Labute approximate surface area is 125 Å². The Hall–Kier alpha value is -0.960. The maximum Gasteiger partial charge on any atom is 0.191 e. The molecule has 20 heavy (non-hydrogen) atoms. The van der Waals surface area contributed by atoms with Crippen LogP contribution in [0.1, 0.15) is 25.8 Å². The minimum absolute atomic E-state index is 0.231. The third-order valence-corrected chi connectivity index (χ3v) is 3.95. The summed E-state index contributed by atoms with van der Waals surface area (Å²) in [4.78, 5) is 8.54. The topological polar surface area (TPSA) is 97.0 Å². The molecule has 2 rings (SSSR count). The van der Waals surface area contributed by atoms with Crippen molar-refractivity contribution in [3.05, 3.63) is 5.15 Å². The van der Waals surface area contributed by atoms with Gasteiger partial charge in [-0.1, -0.05) is 41.9 Å². The Bertz CT molecular complexity index is 575. The third kappa shape index (κ3) is 3.20. The molecule has 0 amide bonds. The van der Waals surface area contributed by atoms with Crippen molar-refractivity contribution in [1.82, 2.24) is 25.0 Å². The van der Waals surface area contributed by atoms with Crippen LogP contribution in [0.15, 0.2) is 5.16 Å². The average molecular weight is 318 g/mol. The number of fused-ring (bicyclic) bond motifs is 1. The third-order valence-electron chi connectivity index (χ3n) is 2.76. The summed E-state index contributed by atoms with van der Waals surface area (Å²) in [5.74, 6) is 0.906. The van der Waals surface area contributed by atoms with Crippen LogP contribution in [0.5, 0.6) is 0 Å². The zero-order valence-electron chi connectivity index (χ0n) is 11.0. The number of hydrogen-bond acceptors (Lipinski definition) is 7. The zero-order chi connectivity index (χ0) is 14.5. The molecule has 2 N–H and O–H groups in total. The molecule has 0 aliphatic rings. The standard InChI is InChI=1S/C11H16ClN5O2S/c1-2-3-4-20-11-13-9(12)8-10(14-11)17(16-15-8)7(5-18)6-19/h7,18-19H,2-6H2,1H3. The van der Waals surface area contributed by atoms with E-state index in [1.54, 1.807) is 0 Å². The fourth-order valence-electron chi connectivity index (χ4n) is 1.61. The van der Waals surface area contributed by atoms with E-state index in [1.807, 2.05) is 0 Å². The summed E-state index contributed by atoms with van der Waals surface area (Å²) in [6.07, 6.45) is 2.16. The van der Waals surface area contributed by atoms with Crippen LogP contribution >= 0.6 is 23.4 Å². The minimum Gasteiger partial charge on any atom is -0.394 e. The predicted molar refractivity (Wildman–Crippen MR) is 77.0 cm³/mol. The second-order valence-electron chi connectivity index (χ2n) is 4.22. The summed E-state index contributed by atoms with van der Waals surface area (Å²) in [5.41, 5.74) is 0.801. The molecule has 0 fully saturated rings. The molecule has 0 atom stereocenters. The van der Waals surface area contributed by atoms with E-state index in [9.17, 15) is 10.2 Å². The Balaban J connectivity index is 2.36. The summed E-state index contributed by atoms with van der Waals surface area (Å²) in [7, 11) is 0. The maximum absolute atomic E-state index is 9.24. The molecule has 0 aromatic carbocycles. The van der Waals surface area contributed by atoms with Crippen molar-refractivity contribution in [3.63, 3.8) is 0 Å². The van der Waals surface area contributed by atoms with E-state index >= 15 is 0 Å². The first kappa shape index (κ1) is 15.4. The highest BCUT2D eigenvalue weighted by Gasteiger charge is 2.18. The fourth-order valence-corrected chi connectivity index (χ4v) is 2.78. The van der Waals surface area contributed by atoms with E-state index in [-0.39, 0.29) is 18.4 Å². The fraction of sp³-hybridized carbons (Fsp3) is 0.636. The second kappa shape index (κ2) is 7.16. The Morgan fingerprint density at radius 1 is 1.30 bits per heavy atom. The van der Waals surface area contributed by atoms with E-state index < -0.39 is 6.04 Å². The summed E-state index contributed by atoms with van der Waals surface area (Å²) in [5, 5.41) is 27.0. The molecule has 2 aromatic rings. The van der Waals surface area contributed by atoms with Crippen molar-refractivity contribution in [1.29, 1.82) is 0 Å². The van der Waals surface area contributed by atoms with Crippen molar-refractivity contribution in [2.75, 3.05) is 19.0 Å². The molecule has 2 heterocycles. The molecule has 0 bridgehead atoms. The first-order chi connectivity index (χ1) is 9.71. The molecule has 110 valence electrons. The van der Waals surface area contributed by atoms with Gasteiger partial charge in [-0.15, -0.1) is 5.10 Å². The van der Waals surface area contributed by atoms with Crippen LogP contribution in [0.2, 0.25) is 5.15 Å². The van der Waals surface area contributed by atoms with Crippen LogP contribution in [0.25, 0.3) is 11.2 Å². The highest BCUT2D eigenvalue weighted by Crippen LogP contribution is 2.24. The normalized spacial score (nSPS) is 11.7. The summed E-state index contributed by atoms with van der Waals surface area (Å²) in [6.45, 7) is 1.60. The molecule has 2 aromatic heterocycles. The number of hydrogen-bond donors (Lipinski definition) is 2. The highest BCUT2D eigenvalue weighted by atomic mass is 35.5. The molecule has 7 nitrogen and oxygen atoms in total. The predicted octanol–water partition coefficient (Wildman–Crippen LogP) is 1.29. The van der Waals surface area contributed by atoms with Crippen molar-refractivity contribution in [2.45, 2.75) is 31.0 Å². The van der Waals surface area contributed by atoms with Crippen LogP contribution < -0.4 is 0 Å². The molecule has 0 saturated heterocycles. The maximum atomic E-state index is 9.24. The lowest BCUT2D eigenvalue weighted by atomic mass is 10.3. The molecule has 0 spiro atoms. The number of rotatable bonds is 7. The number of unbranched alkanes of at least 4 members (excludes halogenated alkanes) is 1. The lowest BCUT2D eigenvalue weighted by Crippen LogP contribution is -2.19. The van der Waals surface area contributed by atoms with Crippen LogP contribution in [-0.2, 0) is 0 Å². The number of aliphatic hydroxyl groups excluding tert-OH is 2. The van der Waals surface area contributed by atoms with Gasteiger partial charge < -0.3 is 10.2 Å². The van der Waals surface area contributed by atoms with Gasteiger partial charge in [-0.2, -0.15) is 0 Å². The van der Waals surface area contributed by atoms with Gasteiger partial charge in [0.25, 0.3) is 0 Å². The van der Waals surface area contributed by atoms with Gasteiger partial charge in [0, 0.05) is 5.75 Å². The SMILES string of the molecule is CCCCSc1nc(Cl)c2nnn(C(CO)CO)c2n1. The largest absolute Gasteiger partial charge is 0.394 e. The van der Waals surface area contributed by atoms with E-state index in [4.69, 9.17) is 11.6 Å². The lowest BCUT2D eigenvalue weighted by Gasteiger charge is -2.11. The summed E-state index contributed by atoms with van der Waals surface area (Å²) >= 11 is 7.59. The van der Waals surface area contributed by atoms with Crippen molar-refractivity contribution < 1.29 is 10.2 Å². The van der Waals surface area contributed by atoms with Gasteiger partial charge in [0.15, 0.2) is 21.5 Å². The van der Waals surface area contributed by atoms with Crippen molar-refractivity contribution in [3.8, 4) is 0 Å². The van der Waals surface area contributed by atoms with Crippen LogP contribution in [0.3, 0.4) is 0 Å². The van der Waals surface area contributed by atoms with E-state index in [0.29, 0.717) is 16.3 Å². The Morgan fingerprint density at radius 2 is 2.05 bits per heavy atom. The molecular weight excluding hydrogens is 302 g/mol. The molecule has 0 aliphatic heterocycles. The van der Waals surface area contributed by atoms with Gasteiger partial charge in [-0.05, 0) is 6.42 Å². The minimum atomic E-state index is -0.584. The van der Waals surface area contributed by atoms with Crippen LogP contribution in [0.4, 0.5) is 0 Å². The van der Waals surface area contributed by atoms with Crippen molar-refractivity contribution >= 4 is 34.5 Å². The smallest absolute Gasteiger partial charge is 0.191 e. The van der Waals surface area contributed by atoms with Gasteiger partial charge >= 0.3 is 0 Å². The van der Waals surface area contributed by atoms with Gasteiger partial charge in [0.1, 0.15) is 6.04 Å². The summed E-state index contributed by atoms with van der Waals surface area (Å²) < 4.78 is 1.38. The van der Waals surface area contributed by atoms with Crippen molar-refractivity contribution in [2.24, 2.45) is 0 Å². The Morgan fingerprint density at radius 3 is 2.70 bits per heavy atom. The molecule has 0 unspecified atom stereocenters. The number of aliphatic hydroxyl groups is 2. The van der Waals surface area contributed by atoms with Gasteiger partial charge in [-0.3, -0.25) is 0 Å². The molecule has 0 aliphatic carbocycles. The zero-order valence-corrected chi connectivity index (χ0v) is 12.6. The van der Waals surface area contributed by atoms with Gasteiger partial charge in [0.05, 0.1) is 13.2 Å². The first-order valence-corrected chi connectivity index (χ1v) is 7.70.